The molecular formula is C79H154O17P2. The van der Waals surface area contributed by atoms with E-state index in [4.69, 9.17) is 37.0 Å². The lowest BCUT2D eigenvalue weighted by Gasteiger charge is -2.21. The molecule has 0 heterocycles. The first-order valence-corrected chi connectivity index (χ1v) is 43.8. The second kappa shape index (κ2) is 69.4. The van der Waals surface area contributed by atoms with Gasteiger partial charge in [0, 0.05) is 25.7 Å². The van der Waals surface area contributed by atoms with Gasteiger partial charge in [-0.15, -0.1) is 0 Å². The fourth-order valence-electron chi connectivity index (χ4n) is 12.1. The largest absolute Gasteiger partial charge is 0.472 e. The summed E-state index contributed by atoms with van der Waals surface area (Å²) in [7, 11) is -9.92. The highest BCUT2D eigenvalue weighted by Crippen LogP contribution is 2.45. The zero-order valence-electron chi connectivity index (χ0n) is 64.3. The molecule has 0 bridgehead atoms. The number of aliphatic hydroxyl groups is 1. The van der Waals surface area contributed by atoms with Crippen molar-refractivity contribution in [3.8, 4) is 0 Å². The van der Waals surface area contributed by atoms with Crippen LogP contribution in [0.4, 0.5) is 0 Å². The highest BCUT2D eigenvalue weighted by atomic mass is 31.2. The van der Waals surface area contributed by atoms with Crippen LogP contribution in [0.25, 0.3) is 0 Å². The molecule has 0 aromatic rings. The van der Waals surface area contributed by atoms with Crippen molar-refractivity contribution in [1.29, 1.82) is 0 Å². The molecular weight excluding hydrogens is 1280 g/mol. The number of hydrogen-bond donors (Lipinski definition) is 3. The number of unbranched alkanes of at least 4 members (excludes halogenated alkanes) is 45. The molecule has 2 unspecified atom stereocenters. The summed E-state index contributed by atoms with van der Waals surface area (Å²) in [6.07, 6.45) is 57.0. The summed E-state index contributed by atoms with van der Waals surface area (Å²) in [5, 5.41) is 10.6. The van der Waals surface area contributed by atoms with Gasteiger partial charge in [0.25, 0.3) is 0 Å². The van der Waals surface area contributed by atoms with Crippen molar-refractivity contribution in [1.82, 2.24) is 0 Å². The number of phosphoric acid groups is 2. The predicted octanol–water partition coefficient (Wildman–Crippen LogP) is 23.4. The Morgan fingerprint density at radius 1 is 0.276 bits per heavy atom. The molecule has 19 heteroatoms. The van der Waals surface area contributed by atoms with Crippen LogP contribution in [0.2, 0.25) is 0 Å². The van der Waals surface area contributed by atoms with Gasteiger partial charge in [-0.05, 0) is 43.4 Å². The van der Waals surface area contributed by atoms with Gasteiger partial charge >= 0.3 is 39.5 Å². The SMILES string of the molecule is CCCCCCCCCCCCCCCCCC(=O)O[C@H](COC(=O)CCCCCCCCC(C)C)COP(=O)(O)OC[C@H](O)COP(=O)(O)OC[C@@H](COC(=O)CCCCCCCCCCCCCCCC(C)C)OC(=O)CCCCCCCCCCCCCCCCCC(C)C. The monoisotopic (exact) mass is 1440 g/mol. The van der Waals surface area contributed by atoms with Gasteiger partial charge in [-0.25, -0.2) is 9.13 Å². The minimum absolute atomic E-state index is 0.107. The van der Waals surface area contributed by atoms with Gasteiger partial charge in [0.2, 0.25) is 0 Å². The van der Waals surface area contributed by atoms with Crippen molar-refractivity contribution >= 4 is 39.5 Å². The second-order valence-electron chi connectivity index (χ2n) is 29.9. The van der Waals surface area contributed by atoms with Crippen LogP contribution in [0.5, 0.6) is 0 Å². The molecule has 3 N–H and O–H groups in total. The normalized spacial score (nSPS) is 14.0. The first kappa shape index (κ1) is 96.1. The van der Waals surface area contributed by atoms with Crippen molar-refractivity contribution in [3.63, 3.8) is 0 Å². The molecule has 0 fully saturated rings. The van der Waals surface area contributed by atoms with E-state index in [0.717, 1.165) is 108 Å². The van der Waals surface area contributed by atoms with Gasteiger partial charge in [-0.1, -0.05) is 357 Å². The summed E-state index contributed by atoms with van der Waals surface area (Å²) < 4.78 is 68.6. The molecule has 0 radical (unpaired) electrons. The van der Waals surface area contributed by atoms with Crippen LogP contribution in [0.15, 0.2) is 0 Å². The highest BCUT2D eigenvalue weighted by molar-refractivity contribution is 7.47. The Hall–Kier alpha value is -1.94. The van der Waals surface area contributed by atoms with E-state index in [1.165, 1.54) is 212 Å². The average Bonchev–Trinajstić information content (AvgIpc) is 0.947. The molecule has 0 aliphatic carbocycles. The van der Waals surface area contributed by atoms with Crippen LogP contribution >= 0.6 is 15.6 Å². The quantitative estimate of drug-likeness (QED) is 0.0222. The van der Waals surface area contributed by atoms with Crippen molar-refractivity contribution in [2.75, 3.05) is 39.6 Å². The number of carbonyl (C=O) groups excluding carboxylic acids is 4. The van der Waals surface area contributed by atoms with E-state index in [1.807, 2.05) is 0 Å². The molecule has 0 aliphatic heterocycles. The second-order valence-corrected chi connectivity index (χ2v) is 32.8. The third-order valence-corrected chi connectivity index (χ3v) is 20.3. The van der Waals surface area contributed by atoms with Crippen molar-refractivity contribution in [2.45, 2.75) is 426 Å². The lowest BCUT2D eigenvalue weighted by molar-refractivity contribution is -0.161. The summed E-state index contributed by atoms with van der Waals surface area (Å²) in [6, 6.07) is 0. The Morgan fingerprint density at radius 3 is 0.694 bits per heavy atom. The topological polar surface area (TPSA) is 237 Å². The zero-order chi connectivity index (χ0) is 72.3. The molecule has 0 aromatic heterocycles. The number of ether oxygens (including phenoxy) is 4. The molecule has 582 valence electrons. The standard InChI is InChI=1S/C79H154O17P2/c1-8-9-10-11-12-13-14-15-17-23-29-34-39-48-55-63-79(84)96-75(67-90-77(82)61-54-47-42-41-45-52-59-72(6)7)69-94-98(87,88)92-65-73(80)64-91-97(85,86)93-68-74(66-89-76(81)60-53-46-38-33-28-25-20-22-27-32-37-44-51-58-71(4)5)95-78(83)62-56-49-40-35-30-24-19-16-18-21-26-31-36-43-50-57-70(2)3/h70-75,80H,8-69H2,1-7H3,(H,85,86)(H,87,88)/t73-,74-,75-/m1/s1. The maximum atomic E-state index is 13.1. The number of phosphoric ester groups is 2. The minimum Gasteiger partial charge on any atom is -0.462 e. The molecule has 0 aromatic carbocycles. The third-order valence-electron chi connectivity index (χ3n) is 18.4. The van der Waals surface area contributed by atoms with E-state index in [2.05, 4.69) is 48.5 Å². The number of rotatable bonds is 77. The number of hydrogen-bond acceptors (Lipinski definition) is 15. The Labute approximate surface area is 600 Å². The molecule has 0 spiro atoms. The predicted molar refractivity (Wildman–Crippen MR) is 400 cm³/mol. The Morgan fingerprint density at radius 2 is 0.469 bits per heavy atom. The molecule has 0 aliphatic rings. The maximum Gasteiger partial charge on any atom is 0.472 e. The average molecular weight is 1440 g/mol. The molecule has 98 heavy (non-hydrogen) atoms. The smallest absolute Gasteiger partial charge is 0.462 e. The highest BCUT2D eigenvalue weighted by Gasteiger charge is 2.30. The van der Waals surface area contributed by atoms with E-state index in [9.17, 15) is 43.2 Å². The van der Waals surface area contributed by atoms with Gasteiger partial charge < -0.3 is 33.8 Å². The summed E-state index contributed by atoms with van der Waals surface area (Å²) in [5.41, 5.74) is 0. The van der Waals surface area contributed by atoms with E-state index in [0.29, 0.717) is 31.6 Å². The summed E-state index contributed by atoms with van der Waals surface area (Å²) >= 11 is 0. The summed E-state index contributed by atoms with van der Waals surface area (Å²) in [5.74, 6) is 0.159. The van der Waals surface area contributed by atoms with Crippen molar-refractivity contribution in [3.05, 3.63) is 0 Å². The Balaban J connectivity index is 5.23. The molecule has 0 rings (SSSR count). The van der Waals surface area contributed by atoms with E-state index >= 15 is 0 Å². The van der Waals surface area contributed by atoms with Crippen LogP contribution in [0, 0.1) is 17.8 Å². The molecule has 0 saturated heterocycles. The number of aliphatic hydroxyl groups excluding tert-OH is 1. The van der Waals surface area contributed by atoms with E-state index < -0.39 is 97.5 Å². The van der Waals surface area contributed by atoms with Gasteiger partial charge in [-0.2, -0.15) is 0 Å². The zero-order valence-corrected chi connectivity index (χ0v) is 66.0. The Kier molecular flexibility index (Phi) is 68.1. The van der Waals surface area contributed by atoms with Crippen LogP contribution in [0.1, 0.15) is 408 Å². The van der Waals surface area contributed by atoms with Gasteiger partial charge in [-0.3, -0.25) is 37.3 Å². The van der Waals surface area contributed by atoms with Crippen LogP contribution in [0.3, 0.4) is 0 Å². The lowest BCUT2D eigenvalue weighted by atomic mass is 10.0. The van der Waals surface area contributed by atoms with Crippen LogP contribution < -0.4 is 0 Å². The van der Waals surface area contributed by atoms with E-state index in [1.54, 1.807) is 0 Å². The van der Waals surface area contributed by atoms with Crippen LogP contribution in [-0.2, 0) is 65.4 Å². The number of carbonyl (C=O) groups is 4. The van der Waals surface area contributed by atoms with Crippen molar-refractivity contribution in [2.24, 2.45) is 17.8 Å². The first-order valence-electron chi connectivity index (χ1n) is 40.8. The maximum absolute atomic E-state index is 13.1. The lowest BCUT2D eigenvalue weighted by Crippen LogP contribution is -2.30. The molecule has 0 saturated carbocycles. The van der Waals surface area contributed by atoms with Gasteiger partial charge in [0.05, 0.1) is 26.4 Å². The fourth-order valence-corrected chi connectivity index (χ4v) is 13.7. The van der Waals surface area contributed by atoms with Gasteiger partial charge in [0.15, 0.2) is 12.2 Å². The first-order chi connectivity index (χ1) is 47.2. The molecule has 0 amide bonds. The van der Waals surface area contributed by atoms with E-state index in [-0.39, 0.29) is 25.7 Å². The third kappa shape index (κ3) is 72.4. The van der Waals surface area contributed by atoms with Crippen molar-refractivity contribution < 1.29 is 80.2 Å². The van der Waals surface area contributed by atoms with Gasteiger partial charge in [0.1, 0.15) is 19.3 Å². The number of esters is 4. The molecule has 5 atom stereocenters. The minimum atomic E-state index is -4.96. The fraction of sp³-hybridized carbons (Fsp3) is 0.949. The summed E-state index contributed by atoms with van der Waals surface area (Å²) in [6.45, 7) is 11.9. The molecule has 17 nitrogen and oxygen atoms in total. The summed E-state index contributed by atoms with van der Waals surface area (Å²) in [4.78, 5) is 72.9. The van der Waals surface area contributed by atoms with Crippen LogP contribution in [-0.4, -0.2) is 96.7 Å². The Bertz CT molecular complexity index is 1900.